The number of carbonyl (C=O) groups excluding carboxylic acids is 7. The van der Waals surface area contributed by atoms with Gasteiger partial charge in [-0.3, -0.25) is 28.8 Å². The van der Waals surface area contributed by atoms with Crippen LogP contribution >= 0.6 is 0 Å². The van der Waals surface area contributed by atoms with Gasteiger partial charge >= 0.3 is 6.09 Å². The van der Waals surface area contributed by atoms with Gasteiger partial charge in [0.15, 0.2) is 0 Å². The lowest BCUT2D eigenvalue weighted by Crippen LogP contribution is -2.60. The molecule has 14 heteroatoms. The normalized spacial score (nSPS) is 20.7. The number of Topliss-reactive ketones (excluding diaryl/α,β-unsaturated/α-hetero) is 1. The number of rotatable bonds is 13. The monoisotopic (exact) mass is 710 g/mol. The van der Waals surface area contributed by atoms with Crippen LogP contribution in [0.1, 0.15) is 73.4 Å². The number of ketones is 1. The molecule has 6 amide bonds. The third-order valence-electron chi connectivity index (χ3n) is 9.33. The highest BCUT2D eigenvalue weighted by molar-refractivity contribution is 6.38. The SMILES string of the molecule is C=CCC(NC(=O)C1C2C(CN1C(=O)C(NC(=O)OC(C)(C)C)C(C)(C)C)C2(C)C)C(=O)C(=O)NCC(=O)NC(C(=O)N(C)C)c1ccccc1. The highest BCUT2D eigenvalue weighted by Crippen LogP contribution is 2.65. The van der Waals surface area contributed by atoms with E-state index in [0.717, 1.165) is 0 Å². The molecular weight excluding hydrogens is 656 g/mol. The summed E-state index contributed by atoms with van der Waals surface area (Å²) in [5.41, 5.74) is -1.27. The lowest BCUT2D eigenvalue weighted by molar-refractivity contribution is -0.145. The molecule has 1 saturated carbocycles. The van der Waals surface area contributed by atoms with Crippen LogP contribution in [0.15, 0.2) is 43.0 Å². The van der Waals surface area contributed by atoms with Gasteiger partial charge in [0, 0.05) is 20.6 Å². The van der Waals surface area contributed by atoms with Crippen molar-refractivity contribution < 1.29 is 38.3 Å². The molecule has 2 fully saturated rings. The lowest BCUT2D eigenvalue weighted by atomic mass is 9.85. The van der Waals surface area contributed by atoms with Gasteiger partial charge in [0.1, 0.15) is 29.8 Å². The predicted octanol–water partition coefficient (Wildman–Crippen LogP) is 2.10. The molecule has 1 aliphatic carbocycles. The van der Waals surface area contributed by atoms with E-state index in [9.17, 15) is 33.6 Å². The molecule has 3 rings (SSSR count). The van der Waals surface area contributed by atoms with Crippen molar-refractivity contribution in [2.45, 2.75) is 91.6 Å². The van der Waals surface area contributed by atoms with E-state index in [1.54, 1.807) is 86.0 Å². The van der Waals surface area contributed by atoms with Gasteiger partial charge in [-0.2, -0.15) is 0 Å². The maximum absolute atomic E-state index is 14.1. The van der Waals surface area contributed by atoms with Crippen molar-refractivity contribution in [2.24, 2.45) is 22.7 Å². The Labute approximate surface area is 300 Å². The van der Waals surface area contributed by atoms with Crippen molar-refractivity contribution in [2.75, 3.05) is 27.2 Å². The number of carbonyl (C=O) groups is 7. The Morgan fingerprint density at radius 3 is 2.12 bits per heavy atom. The number of ether oxygens (including phenoxy) is 1. The van der Waals surface area contributed by atoms with E-state index in [-0.39, 0.29) is 36.1 Å². The zero-order valence-electron chi connectivity index (χ0n) is 31.4. The molecule has 1 aliphatic heterocycles. The Kier molecular flexibility index (Phi) is 12.5. The van der Waals surface area contributed by atoms with Crippen LogP contribution < -0.4 is 21.3 Å². The van der Waals surface area contributed by atoms with Crippen molar-refractivity contribution in [1.82, 2.24) is 31.1 Å². The van der Waals surface area contributed by atoms with Crippen LogP contribution in [-0.2, 0) is 33.5 Å². The second kappa shape index (κ2) is 15.6. The molecule has 4 N–H and O–H groups in total. The standard InChI is InChI=1S/C37H54N6O8/c1-12-16-23(28(45)31(47)38-19-24(44)40-26(32(48)42(10)11)21-17-14-13-15-18-21)39-30(46)27-25-22(37(25,8)9)20-43(27)33(49)29(35(2,3)4)41-34(50)51-36(5,6)7/h12-15,17-18,22-23,25-27,29H,1,16,19-20H2,2-11H3,(H,38,47)(H,39,46)(H,40,44)(H,41,50). The van der Waals surface area contributed by atoms with E-state index in [2.05, 4.69) is 27.8 Å². The van der Waals surface area contributed by atoms with Crippen LogP contribution in [0.25, 0.3) is 0 Å². The molecule has 51 heavy (non-hydrogen) atoms. The zero-order valence-corrected chi connectivity index (χ0v) is 31.4. The summed E-state index contributed by atoms with van der Waals surface area (Å²) in [4.78, 5) is 95.5. The van der Waals surface area contributed by atoms with Gasteiger partial charge < -0.3 is 35.8 Å². The molecule has 0 aromatic heterocycles. The van der Waals surface area contributed by atoms with Crippen LogP contribution in [0.5, 0.6) is 0 Å². The molecule has 0 bridgehead atoms. The molecular formula is C37H54N6O8. The fourth-order valence-corrected chi connectivity index (χ4v) is 6.52. The highest BCUT2D eigenvalue weighted by atomic mass is 16.6. The summed E-state index contributed by atoms with van der Waals surface area (Å²) in [5, 5.41) is 10.2. The summed E-state index contributed by atoms with van der Waals surface area (Å²) < 4.78 is 5.41. The predicted molar refractivity (Wildman–Crippen MR) is 190 cm³/mol. The summed E-state index contributed by atoms with van der Waals surface area (Å²) in [6.45, 7) is 17.8. The molecule has 1 saturated heterocycles. The zero-order chi connectivity index (χ0) is 38.6. The number of alkyl carbamates (subject to hydrolysis) is 1. The van der Waals surface area contributed by atoms with Crippen LogP contribution in [0.4, 0.5) is 4.79 Å². The van der Waals surface area contributed by atoms with Crippen molar-refractivity contribution >= 4 is 41.4 Å². The third-order valence-corrected chi connectivity index (χ3v) is 9.33. The Morgan fingerprint density at radius 2 is 1.59 bits per heavy atom. The van der Waals surface area contributed by atoms with Gasteiger partial charge in [-0.05, 0) is 55.4 Å². The Morgan fingerprint density at radius 1 is 0.980 bits per heavy atom. The van der Waals surface area contributed by atoms with Gasteiger partial charge in [0.2, 0.25) is 29.4 Å². The molecule has 0 spiro atoms. The average Bonchev–Trinajstić information content (AvgIpc) is 3.33. The van der Waals surface area contributed by atoms with E-state index in [1.165, 1.54) is 15.9 Å². The van der Waals surface area contributed by atoms with Gasteiger partial charge in [0.25, 0.3) is 5.91 Å². The Balaban J connectivity index is 1.74. The third kappa shape index (κ3) is 9.95. The number of piperidine rings is 1. The highest BCUT2D eigenvalue weighted by Gasteiger charge is 2.70. The lowest BCUT2D eigenvalue weighted by Gasteiger charge is -2.38. The number of nitrogens with one attached hydrogen (secondary N) is 4. The quantitative estimate of drug-likeness (QED) is 0.177. The number of nitrogens with zero attached hydrogens (tertiary/aromatic N) is 2. The number of likely N-dealkylation sites (tertiary alicyclic amines) is 1. The number of likely N-dealkylation sites (N-methyl/N-ethyl adjacent to an activating group) is 1. The van der Waals surface area contributed by atoms with Gasteiger partial charge in [-0.15, -0.1) is 6.58 Å². The fourth-order valence-electron chi connectivity index (χ4n) is 6.52. The molecule has 280 valence electrons. The summed E-state index contributed by atoms with van der Waals surface area (Å²) in [6.07, 6.45) is 0.514. The first-order chi connectivity index (χ1) is 23.5. The minimum atomic E-state index is -1.33. The Hall–Kier alpha value is -4.75. The maximum atomic E-state index is 14.1. The molecule has 6 atom stereocenters. The van der Waals surface area contributed by atoms with E-state index in [4.69, 9.17) is 4.74 Å². The van der Waals surface area contributed by atoms with Gasteiger partial charge in [0.05, 0.1) is 6.54 Å². The minimum absolute atomic E-state index is 0.00815. The van der Waals surface area contributed by atoms with Crippen LogP contribution in [-0.4, -0.2) is 102 Å². The first-order valence-corrected chi connectivity index (χ1v) is 17.1. The smallest absolute Gasteiger partial charge is 0.408 e. The topological polar surface area (TPSA) is 183 Å². The van der Waals surface area contributed by atoms with Crippen LogP contribution in [0.2, 0.25) is 0 Å². The summed E-state index contributed by atoms with van der Waals surface area (Å²) in [5.74, 6) is -4.52. The number of benzene rings is 1. The van der Waals surface area contributed by atoms with E-state index in [0.29, 0.717) is 5.56 Å². The van der Waals surface area contributed by atoms with E-state index in [1.807, 2.05) is 13.8 Å². The fraction of sp³-hybridized carbons (Fsp3) is 0.595. The number of hydrogen-bond acceptors (Lipinski definition) is 8. The van der Waals surface area contributed by atoms with E-state index < -0.39 is 77.2 Å². The average molecular weight is 711 g/mol. The molecule has 1 heterocycles. The first kappa shape index (κ1) is 40.7. The van der Waals surface area contributed by atoms with Crippen molar-refractivity contribution in [3.05, 3.63) is 48.6 Å². The van der Waals surface area contributed by atoms with Gasteiger partial charge in [-0.1, -0.05) is 71.0 Å². The molecule has 0 radical (unpaired) electrons. The molecule has 6 unspecified atom stereocenters. The number of fused-ring (bicyclic) bond motifs is 1. The molecule has 2 aliphatic rings. The second-order valence-electron chi connectivity index (χ2n) is 16.1. The van der Waals surface area contributed by atoms with Crippen LogP contribution in [0.3, 0.4) is 0 Å². The van der Waals surface area contributed by atoms with E-state index >= 15 is 0 Å². The maximum Gasteiger partial charge on any atom is 0.408 e. The number of amides is 6. The summed E-state index contributed by atoms with van der Waals surface area (Å²) in [6, 6.07) is 4.23. The number of hydrogen-bond donors (Lipinski definition) is 4. The largest absolute Gasteiger partial charge is 0.444 e. The van der Waals surface area contributed by atoms with Crippen molar-refractivity contribution in [1.29, 1.82) is 0 Å². The van der Waals surface area contributed by atoms with Crippen molar-refractivity contribution in [3.63, 3.8) is 0 Å². The Bertz CT molecular complexity index is 1530. The molecule has 1 aromatic carbocycles. The first-order valence-electron chi connectivity index (χ1n) is 17.1. The van der Waals surface area contributed by atoms with Crippen molar-refractivity contribution in [3.8, 4) is 0 Å². The molecule has 14 nitrogen and oxygen atoms in total. The minimum Gasteiger partial charge on any atom is -0.444 e. The molecule has 1 aromatic rings. The second-order valence-corrected chi connectivity index (χ2v) is 16.1. The van der Waals surface area contributed by atoms with Gasteiger partial charge in [-0.25, -0.2) is 4.79 Å². The summed E-state index contributed by atoms with van der Waals surface area (Å²) in [7, 11) is 3.10. The summed E-state index contributed by atoms with van der Waals surface area (Å²) >= 11 is 0. The van der Waals surface area contributed by atoms with Crippen LogP contribution in [0, 0.1) is 22.7 Å².